The molecule has 1 saturated carbocycles. The lowest BCUT2D eigenvalue weighted by molar-refractivity contribution is -0.143. The van der Waals surface area contributed by atoms with Gasteiger partial charge in [0.25, 0.3) is 0 Å². The molecule has 4 nitrogen and oxygen atoms in total. The summed E-state index contributed by atoms with van der Waals surface area (Å²) in [4.78, 5) is 15.8. The van der Waals surface area contributed by atoms with Crippen LogP contribution in [-0.2, 0) is 0 Å². The Kier molecular flexibility index (Phi) is 5.04. The second-order valence-electron chi connectivity index (χ2n) is 7.29. The fourth-order valence-electron chi connectivity index (χ4n) is 4.52. The predicted molar refractivity (Wildman–Crippen MR) is 81.1 cm³/mol. The number of carbonyl (C=O) groups excluding carboxylic acids is 1. The van der Waals surface area contributed by atoms with E-state index in [1.165, 1.54) is 24.2 Å². The summed E-state index contributed by atoms with van der Waals surface area (Å²) in [5, 5.41) is 2.97. The molecule has 7 heteroatoms. The van der Waals surface area contributed by atoms with Crippen LogP contribution < -0.4 is 5.32 Å². The summed E-state index contributed by atoms with van der Waals surface area (Å²) in [5.41, 5.74) is 0. The summed E-state index contributed by atoms with van der Waals surface area (Å²) in [6, 6.07) is 0.366. The van der Waals surface area contributed by atoms with Crippen molar-refractivity contribution < 1.29 is 18.0 Å². The van der Waals surface area contributed by atoms with Crippen LogP contribution >= 0.6 is 0 Å². The van der Waals surface area contributed by atoms with Crippen LogP contribution in [0.15, 0.2) is 0 Å². The minimum atomic E-state index is -4.14. The van der Waals surface area contributed by atoms with Crippen LogP contribution in [0, 0.1) is 11.8 Å². The number of halogens is 3. The Morgan fingerprint density at radius 2 is 1.87 bits per heavy atom. The quantitative estimate of drug-likeness (QED) is 0.862. The van der Waals surface area contributed by atoms with E-state index in [-0.39, 0.29) is 11.9 Å². The Morgan fingerprint density at radius 3 is 2.65 bits per heavy atom. The van der Waals surface area contributed by atoms with Gasteiger partial charge in [-0.2, -0.15) is 13.2 Å². The average Bonchev–Trinajstić information content (AvgIpc) is 3.11. The van der Waals surface area contributed by atoms with Crippen LogP contribution in [-0.4, -0.2) is 60.8 Å². The zero-order valence-corrected chi connectivity index (χ0v) is 13.4. The van der Waals surface area contributed by atoms with Gasteiger partial charge in [0.1, 0.15) is 0 Å². The van der Waals surface area contributed by atoms with E-state index < -0.39 is 12.7 Å². The zero-order valence-electron chi connectivity index (χ0n) is 13.4. The van der Waals surface area contributed by atoms with Gasteiger partial charge in [-0.25, -0.2) is 4.79 Å². The van der Waals surface area contributed by atoms with Gasteiger partial charge < -0.3 is 10.2 Å². The van der Waals surface area contributed by atoms with Crippen LogP contribution in [0.1, 0.15) is 38.5 Å². The molecule has 1 aliphatic carbocycles. The van der Waals surface area contributed by atoms with Crippen LogP contribution in [0.4, 0.5) is 18.0 Å². The molecule has 0 radical (unpaired) electrons. The molecule has 0 bridgehead atoms. The van der Waals surface area contributed by atoms with Crippen molar-refractivity contribution in [2.45, 2.75) is 50.7 Å². The van der Waals surface area contributed by atoms with Crippen LogP contribution in [0.5, 0.6) is 0 Å². The van der Waals surface area contributed by atoms with Crippen molar-refractivity contribution in [3.05, 3.63) is 0 Å². The van der Waals surface area contributed by atoms with Gasteiger partial charge in [0.05, 0.1) is 6.54 Å². The smallest absolute Gasteiger partial charge is 0.338 e. The van der Waals surface area contributed by atoms with E-state index in [9.17, 15) is 18.0 Å². The molecule has 0 aromatic heterocycles. The Balaban J connectivity index is 1.43. The Morgan fingerprint density at radius 1 is 1.09 bits per heavy atom. The van der Waals surface area contributed by atoms with E-state index in [0.29, 0.717) is 31.6 Å². The second kappa shape index (κ2) is 6.87. The predicted octanol–water partition coefficient (Wildman–Crippen LogP) is 2.84. The lowest BCUT2D eigenvalue weighted by atomic mass is 9.92. The molecule has 3 atom stereocenters. The Hall–Kier alpha value is -0.980. The lowest BCUT2D eigenvalue weighted by Gasteiger charge is -2.37. The highest BCUT2D eigenvalue weighted by molar-refractivity contribution is 5.74. The molecule has 0 unspecified atom stereocenters. The number of piperidine rings is 1. The summed E-state index contributed by atoms with van der Waals surface area (Å²) in [5.74, 6) is 0.786. The average molecular weight is 333 g/mol. The van der Waals surface area contributed by atoms with Crippen molar-refractivity contribution in [1.29, 1.82) is 0 Å². The largest absolute Gasteiger partial charge is 0.401 e. The number of fused-ring (bicyclic) bond motifs is 1. The number of nitrogens with zero attached hydrogens (tertiary/aromatic N) is 2. The number of amides is 2. The SMILES string of the molecule is O=C(NC[C@@H]1CCN(CC(F)(F)F)C1)N1CCC[C@H]2CCC[C@H]21. The molecule has 3 fully saturated rings. The zero-order chi connectivity index (χ0) is 16.4. The third-order valence-electron chi connectivity index (χ3n) is 5.57. The van der Waals surface area contributed by atoms with Gasteiger partial charge in [-0.3, -0.25) is 4.90 Å². The molecular formula is C16H26F3N3O. The first-order chi connectivity index (χ1) is 10.9. The summed E-state index contributed by atoms with van der Waals surface area (Å²) in [6.45, 7) is 1.35. The molecule has 2 amide bonds. The number of alkyl halides is 3. The molecule has 3 rings (SSSR count). The van der Waals surface area contributed by atoms with E-state index in [4.69, 9.17) is 0 Å². The second-order valence-corrected chi connectivity index (χ2v) is 7.29. The fraction of sp³-hybridized carbons (Fsp3) is 0.938. The number of nitrogens with one attached hydrogen (secondary N) is 1. The molecule has 1 N–H and O–H groups in total. The van der Waals surface area contributed by atoms with E-state index in [0.717, 1.165) is 25.8 Å². The summed E-state index contributed by atoms with van der Waals surface area (Å²) in [7, 11) is 0. The summed E-state index contributed by atoms with van der Waals surface area (Å²) >= 11 is 0. The maximum atomic E-state index is 12.4. The van der Waals surface area contributed by atoms with Crippen LogP contribution in [0.2, 0.25) is 0 Å². The molecule has 2 aliphatic heterocycles. The number of urea groups is 1. The molecule has 23 heavy (non-hydrogen) atoms. The Bertz CT molecular complexity index is 429. The fourth-order valence-corrected chi connectivity index (χ4v) is 4.52. The first-order valence-corrected chi connectivity index (χ1v) is 8.76. The monoisotopic (exact) mass is 333 g/mol. The van der Waals surface area contributed by atoms with Crippen LogP contribution in [0.3, 0.4) is 0 Å². The minimum absolute atomic E-state index is 0.0177. The number of hydrogen-bond donors (Lipinski definition) is 1. The molecule has 0 spiro atoms. The van der Waals surface area contributed by atoms with Crippen molar-refractivity contribution in [1.82, 2.24) is 15.1 Å². The molecule has 2 saturated heterocycles. The maximum Gasteiger partial charge on any atom is 0.401 e. The molecule has 2 heterocycles. The van der Waals surface area contributed by atoms with Gasteiger partial charge >= 0.3 is 12.2 Å². The maximum absolute atomic E-state index is 12.4. The van der Waals surface area contributed by atoms with E-state index in [1.807, 2.05) is 4.90 Å². The molecular weight excluding hydrogens is 307 g/mol. The first kappa shape index (κ1) is 16.9. The van der Waals surface area contributed by atoms with Gasteiger partial charge in [-0.15, -0.1) is 0 Å². The summed E-state index contributed by atoms with van der Waals surface area (Å²) < 4.78 is 37.2. The molecule has 0 aromatic rings. The molecule has 0 aromatic carbocycles. The third kappa shape index (κ3) is 4.31. The van der Waals surface area contributed by atoms with Gasteiger partial charge in [0.15, 0.2) is 0 Å². The third-order valence-corrected chi connectivity index (χ3v) is 5.57. The van der Waals surface area contributed by atoms with E-state index in [1.54, 1.807) is 0 Å². The van der Waals surface area contributed by atoms with Crippen molar-refractivity contribution in [3.8, 4) is 0 Å². The van der Waals surface area contributed by atoms with Crippen molar-refractivity contribution in [2.24, 2.45) is 11.8 Å². The summed E-state index contributed by atoms with van der Waals surface area (Å²) in [6.07, 6.45) is 2.41. The number of hydrogen-bond acceptors (Lipinski definition) is 2. The normalized spacial score (nSPS) is 32.1. The molecule has 3 aliphatic rings. The standard InChI is InChI=1S/C16H26F3N3O/c17-16(18,19)11-21-8-6-12(10-21)9-20-15(23)22-7-2-4-13-3-1-5-14(13)22/h12-14H,1-11H2,(H,20,23)/t12-,13+,14+/m0/s1. The van der Waals surface area contributed by atoms with Gasteiger partial charge in [0.2, 0.25) is 0 Å². The van der Waals surface area contributed by atoms with Crippen molar-refractivity contribution in [2.75, 3.05) is 32.7 Å². The van der Waals surface area contributed by atoms with Crippen molar-refractivity contribution >= 4 is 6.03 Å². The lowest BCUT2D eigenvalue weighted by Crippen LogP contribution is -2.51. The highest BCUT2D eigenvalue weighted by Crippen LogP contribution is 2.36. The first-order valence-electron chi connectivity index (χ1n) is 8.76. The van der Waals surface area contributed by atoms with Gasteiger partial charge in [-0.1, -0.05) is 6.42 Å². The molecule has 132 valence electrons. The highest BCUT2D eigenvalue weighted by Gasteiger charge is 2.38. The Labute approximate surface area is 135 Å². The van der Waals surface area contributed by atoms with Gasteiger partial charge in [-0.05, 0) is 50.5 Å². The van der Waals surface area contributed by atoms with Crippen LogP contribution in [0.25, 0.3) is 0 Å². The van der Waals surface area contributed by atoms with Gasteiger partial charge in [0, 0.05) is 25.7 Å². The number of carbonyl (C=O) groups is 1. The van der Waals surface area contributed by atoms with E-state index in [2.05, 4.69) is 5.32 Å². The van der Waals surface area contributed by atoms with Crippen molar-refractivity contribution in [3.63, 3.8) is 0 Å². The number of likely N-dealkylation sites (tertiary alicyclic amines) is 2. The minimum Gasteiger partial charge on any atom is -0.338 e. The number of rotatable bonds is 3. The topological polar surface area (TPSA) is 35.6 Å². The van der Waals surface area contributed by atoms with E-state index >= 15 is 0 Å². The highest BCUT2D eigenvalue weighted by atomic mass is 19.4.